The molecular weight excluding hydrogens is 767 g/mol. The Labute approximate surface area is 355 Å². The van der Waals surface area contributed by atoms with E-state index >= 15 is 4.79 Å². The van der Waals surface area contributed by atoms with Gasteiger partial charge in [-0.1, -0.05) is 79.7 Å². The van der Waals surface area contributed by atoms with E-state index in [-0.39, 0.29) is 82.9 Å². The fourth-order valence-electron chi connectivity index (χ4n) is 12.5. The second kappa shape index (κ2) is 16.6. The highest BCUT2D eigenvalue weighted by atomic mass is 32.2. The average molecular weight is 842 g/mol. The third-order valence-electron chi connectivity index (χ3n) is 16.9. The highest BCUT2D eigenvalue weighted by Crippen LogP contribution is 2.88. The molecule has 6 fully saturated rings. The summed E-state index contributed by atoms with van der Waals surface area (Å²) in [5.74, 6) is -2.54. The monoisotopic (exact) mass is 842 g/mol. The molecule has 4 saturated carbocycles. The zero-order valence-electron chi connectivity index (χ0n) is 37.7. The van der Waals surface area contributed by atoms with Crippen LogP contribution in [-0.2, 0) is 34.2 Å². The Kier molecular flexibility index (Phi) is 12.9. The van der Waals surface area contributed by atoms with Crippen LogP contribution in [0, 0.1) is 44.8 Å². The molecule has 2 spiro atoms. The lowest BCUT2D eigenvalue weighted by atomic mass is 9.73. The quantitative estimate of drug-likeness (QED) is 0.175. The number of hydrogen-bond donors (Lipinski definition) is 2. The first-order valence-electron chi connectivity index (χ1n) is 22.9. The maximum Gasteiger partial charge on any atom is 0.303 e. The predicted molar refractivity (Wildman–Crippen MR) is 229 cm³/mol. The fourth-order valence-corrected chi connectivity index (χ4v) is 13.5. The Bertz CT molecular complexity index is 1780. The Morgan fingerprint density at radius 1 is 0.915 bits per heavy atom. The van der Waals surface area contributed by atoms with Crippen LogP contribution in [-0.4, -0.2) is 103 Å². The van der Waals surface area contributed by atoms with Gasteiger partial charge in [-0.2, -0.15) is 12.7 Å². The maximum atomic E-state index is 15.4. The summed E-state index contributed by atoms with van der Waals surface area (Å²) in [7, 11) is -2.72. The summed E-state index contributed by atoms with van der Waals surface area (Å²) in [5.41, 5.74) is -2.27. The summed E-state index contributed by atoms with van der Waals surface area (Å²) < 4.78 is 29.2. The van der Waals surface area contributed by atoms with Gasteiger partial charge in [0.2, 0.25) is 17.7 Å². The molecule has 0 aromatic heterocycles. The highest BCUT2D eigenvalue weighted by Gasteiger charge is 2.85. The molecule has 2 heterocycles. The van der Waals surface area contributed by atoms with Crippen molar-refractivity contribution in [2.45, 2.75) is 176 Å². The van der Waals surface area contributed by atoms with Gasteiger partial charge < -0.3 is 10.2 Å². The number of allylic oxidation sites excluding steroid dienone is 1. The topological polar surface area (TPSA) is 153 Å². The van der Waals surface area contributed by atoms with Crippen molar-refractivity contribution in [1.82, 2.24) is 24.1 Å². The minimum atomic E-state index is -4.11. The third kappa shape index (κ3) is 8.00. The molecule has 3 amide bonds. The number of likely N-dealkylation sites (tertiary alicyclic amines) is 2. The number of hydrogen-bond acceptors (Lipinski definition) is 8. The number of Topliss-reactive ketones (excluding diaryl/α,β-unsaturated/α-hetero) is 2. The van der Waals surface area contributed by atoms with E-state index in [0.29, 0.717) is 19.4 Å². The van der Waals surface area contributed by atoms with Crippen LogP contribution in [0.5, 0.6) is 0 Å². The fraction of sp³-hybridized carbons (Fsp3) is 0.848. The Balaban J connectivity index is 1.28. The SMILES string of the molecule is C=C[C@@H]1C[C@]1(CC(=O)[C@@H]1C[C@@]2(CN1C(=O)[C@@H](CC(=O)[C@@H](NC(=O)[C@H]1CCCCN1C(C)C)C1CCCCC1)C(C)(C)C)C(C)(C)C21CCC1)C(=O)NS(=O)(=O)N(C)CC. The summed E-state index contributed by atoms with van der Waals surface area (Å²) in [6.07, 6.45) is 12.9. The molecule has 332 valence electrons. The van der Waals surface area contributed by atoms with E-state index < -0.39 is 44.9 Å². The van der Waals surface area contributed by atoms with E-state index in [0.717, 1.165) is 81.5 Å². The van der Waals surface area contributed by atoms with Gasteiger partial charge in [0.25, 0.3) is 0 Å². The van der Waals surface area contributed by atoms with Crippen molar-refractivity contribution in [3.63, 3.8) is 0 Å². The number of amides is 3. The van der Waals surface area contributed by atoms with Gasteiger partial charge >= 0.3 is 10.2 Å². The van der Waals surface area contributed by atoms with E-state index in [2.05, 4.69) is 49.2 Å². The molecule has 0 bridgehead atoms. The number of fused-ring (bicyclic) bond motifs is 1. The normalized spacial score (nSPS) is 31.4. The van der Waals surface area contributed by atoms with Gasteiger partial charge in [-0.05, 0) is 99.8 Å². The van der Waals surface area contributed by atoms with Crippen LogP contribution < -0.4 is 10.0 Å². The molecule has 0 aromatic carbocycles. The first-order chi connectivity index (χ1) is 27.5. The van der Waals surface area contributed by atoms with E-state index in [9.17, 15) is 27.6 Å². The molecule has 2 aliphatic heterocycles. The molecule has 2 N–H and O–H groups in total. The van der Waals surface area contributed by atoms with Crippen LogP contribution in [0.3, 0.4) is 0 Å². The van der Waals surface area contributed by atoms with E-state index in [4.69, 9.17) is 0 Å². The van der Waals surface area contributed by atoms with Crippen LogP contribution in [0.2, 0.25) is 0 Å². The van der Waals surface area contributed by atoms with E-state index in [1.165, 1.54) is 7.05 Å². The van der Waals surface area contributed by atoms with Gasteiger partial charge in [0.15, 0.2) is 11.6 Å². The summed E-state index contributed by atoms with van der Waals surface area (Å²) in [6, 6.07) is -1.59. The van der Waals surface area contributed by atoms with Gasteiger partial charge in [0.05, 0.1) is 23.5 Å². The number of carbonyl (C=O) groups is 5. The van der Waals surface area contributed by atoms with Crippen molar-refractivity contribution in [2.75, 3.05) is 26.7 Å². The lowest BCUT2D eigenvalue weighted by Crippen LogP contribution is -2.57. The number of ketones is 2. The van der Waals surface area contributed by atoms with Gasteiger partial charge in [0.1, 0.15) is 0 Å². The molecule has 2 saturated heterocycles. The molecule has 6 rings (SSSR count). The predicted octanol–water partition coefficient (Wildman–Crippen LogP) is 6.20. The van der Waals surface area contributed by atoms with Crippen molar-refractivity contribution in [1.29, 1.82) is 0 Å². The van der Waals surface area contributed by atoms with Gasteiger partial charge in [-0.15, -0.1) is 6.58 Å². The molecule has 13 heteroatoms. The second-order valence-corrected chi connectivity index (χ2v) is 23.1. The lowest BCUT2D eigenvalue weighted by Gasteiger charge is -2.40. The second-order valence-electron chi connectivity index (χ2n) is 21.3. The first kappa shape index (κ1) is 45.9. The Hall–Kier alpha value is -2.64. The molecule has 0 radical (unpaired) electrons. The minimum Gasteiger partial charge on any atom is -0.345 e. The van der Waals surface area contributed by atoms with Crippen molar-refractivity contribution in [2.24, 2.45) is 44.8 Å². The molecular formula is C46H75N5O7S. The Morgan fingerprint density at radius 2 is 1.56 bits per heavy atom. The van der Waals surface area contributed by atoms with E-state index in [1.54, 1.807) is 17.9 Å². The molecule has 59 heavy (non-hydrogen) atoms. The first-order valence-corrected chi connectivity index (χ1v) is 24.3. The average Bonchev–Trinajstić information content (AvgIpc) is 3.89. The highest BCUT2D eigenvalue weighted by molar-refractivity contribution is 7.87. The molecule has 0 unspecified atom stereocenters. The van der Waals surface area contributed by atoms with Crippen LogP contribution >= 0.6 is 0 Å². The largest absolute Gasteiger partial charge is 0.345 e. The van der Waals surface area contributed by atoms with Crippen molar-refractivity contribution < 1.29 is 32.4 Å². The van der Waals surface area contributed by atoms with Crippen LogP contribution in [0.15, 0.2) is 12.7 Å². The molecule has 0 aromatic rings. The third-order valence-corrected chi connectivity index (χ3v) is 18.5. The zero-order chi connectivity index (χ0) is 43.5. The maximum absolute atomic E-state index is 15.4. The van der Waals surface area contributed by atoms with Crippen molar-refractivity contribution >= 4 is 39.5 Å². The lowest BCUT2D eigenvalue weighted by molar-refractivity contribution is -0.147. The van der Waals surface area contributed by atoms with Crippen molar-refractivity contribution in [3.05, 3.63) is 12.7 Å². The zero-order valence-corrected chi connectivity index (χ0v) is 38.5. The number of nitrogens with zero attached hydrogens (tertiary/aromatic N) is 3. The Morgan fingerprint density at radius 3 is 2.08 bits per heavy atom. The number of nitrogens with one attached hydrogen (secondary N) is 2. The number of piperidine rings is 1. The molecule has 6 aliphatic rings. The molecule has 7 atom stereocenters. The number of carbonyl (C=O) groups excluding carboxylic acids is 5. The standard InChI is InChI=1S/C46H75N5O7S/c1-11-32-26-44(32,41(56)48-59(57,58)49(10)12-2)28-37(53)35-27-46(43(8,9)45(46)22-18-23-45)29-51(35)40(55)33(42(5,6)7)25-36(52)38(31-19-14-13-15-20-31)47-39(54)34-21-16-17-24-50(34)30(3)4/h11,30-35,38H,1,12-29H2,2-10H3,(H,47,54)(H,48,56)/t32-,33-,34-,35+,38+,44-,46-/m1/s1. The summed E-state index contributed by atoms with van der Waals surface area (Å²) >= 11 is 0. The van der Waals surface area contributed by atoms with E-state index in [1.807, 2.05) is 20.8 Å². The summed E-state index contributed by atoms with van der Waals surface area (Å²) in [4.78, 5) is 76.9. The van der Waals surface area contributed by atoms with Gasteiger partial charge in [0, 0.05) is 50.4 Å². The van der Waals surface area contributed by atoms with Crippen LogP contribution in [0.25, 0.3) is 0 Å². The summed E-state index contributed by atoms with van der Waals surface area (Å²) in [6.45, 7) is 21.7. The van der Waals surface area contributed by atoms with Gasteiger partial charge in [-0.25, -0.2) is 4.72 Å². The molecule has 12 nitrogen and oxygen atoms in total. The summed E-state index contributed by atoms with van der Waals surface area (Å²) in [5, 5.41) is 3.27. The van der Waals surface area contributed by atoms with Crippen LogP contribution in [0.1, 0.15) is 152 Å². The van der Waals surface area contributed by atoms with Gasteiger partial charge in [-0.3, -0.25) is 28.9 Å². The minimum absolute atomic E-state index is 0.00161. The smallest absolute Gasteiger partial charge is 0.303 e. The van der Waals surface area contributed by atoms with Crippen LogP contribution in [0.4, 0.5) is 0 Å². The van der Waals surface area contributed by atoms with Crippen molar-refractivity contribution in [3.8, 4) is 0 Å². The molecule has 4 aliphatic carbocycles. The number of rotatable bonds is 16.